The Morgan fingerprint density at radius 2 is 2.05 bits per heavy atom. The third-order valence-corrected chi connectivity index (χ3v) is 3.53. The van der Waals surface area contributed by atoms with Crippen molar-refractivity contribution in [3.63, 3.8) is 0 Å². The van der Waals surface area contributed by atoms with Crippen LogP contribution in [-0.2, 0) is 6.42 Å². The standard InChI is InChI=1S/C15H18FN3O2/c1-9-5-6-11(7-12(9)16)14-17-10(2)13(18-14)8-15(3,4)19(20)21/h5-7H,8H2,1-4H3,(H,17,18). The van der Waals surface area contributed by atoms with Crippen molar-refractivity contribution in [3.8, 4) is 11.4 Å². The molecule has 1 heterocycles. The first-order chi connectivity index (χ1) is 9.70. The van der Waals surface area contributed by atoms with Gasteiger partial charge in [-0.25, -0.2) is 9.37 Å². The van der Waals surface area contributed by atoms with Gasteiger partial charge in [0.25, 0.3) is 0 Å². The van der Waals surface area contributed by atoms with Gasteiger partial charge in [0.15, 0.2) is 0 Å². The molecule has 1 aromatic heterocycles. The third-order valence-electron chi connectivity index (χ3n) is 3.53. The van der Waals surface area contributed by atoms with Crippen molar-refractivity contribution < 1.29 is 9.31 Å². The molecule has 0 aliphatic heterocycles. The van der Waals surface area contributed by atoms with Crippen LogP contribution in [0.1, 0.15) is 30.8 Å². The van der Waals surface area contributed by atoms with E-state index in [2.05, 4.69) is 9.97 Å². The van der Waals surface area contributed by atoms with Crippen LogP contribution in [0.5, 0.6) is 0 Å². The lowest BCUT2D eigenvalue weighted by atomic mass is 9.99. The van der Waals surface area contributed by atoms with E-state index in [1.807, 2.05) is 6.92 Å². The van der Waals surface area contributed by atoms with E-state index < -0.39 is 5.54 Å². The molecule has 0 saturated carbocycles. The zero-order chi connectivity index (χ0) is 15.8. The van der Waals surface area contributed by atoms with Crippen molar-refractivity contribution in [2.24, 2.45) is 0 Å². The van der Waals surface area contributed by atoms with Gasteiger partial charge in [-0.15, -0.1) is 0 Å². The fourth-order valence-corrected chi connectivity index (χ4v) is 2.02. The highest BCUT2D eigenvalue weighted by molar-refractivity contribution is 5.56. The topological polar surface area (TPSA) is 71.8 Å². The van der Waals surface area contributed by atoms with Crippen LogP contribution in [0.15, 0.2) is 18.2 Å². The van der Waals surface area contributed by atoms with Crippen LogP contribution in [0.25, 0.3) is 11.4 Å². The number of nitrogens with one attached hydrogen (secondary N) is 1. The number of hydrogen-bond acceptors (Lipinski definition) is 3. The van der Waals surface area contributed by atoms with E-state index in [1.165, 1.54) is 6.07 Å². The number of benzene rings is 1. The first-order valence-electron chi connectivity index (χ1n) is 6.67. The van der Waals surface area contributed by atoms with Crippen molar-refractivity contribution in [1.29, 1.82) is 0 Å². The van der Waals surface area contributed by atoms with Gasteiger partial charge < -0.3 is 4.98 Å². The zero-order valence-electron chi connectivity index (χ0n) is 12.5. The maximum Gasteiger partial charge on any atom is 0.222 e. The van der Waals surface area contributed by atoms with E-state index in [0.29, 0.717) is 22.6 Å². The fraction of sp³-hybridized carbons (Fsp3) is 0.400. The van der Waals surface area contributed by atoms with E-state index in [-0.39, 0.29) is 17.2 Å². The summed E-state index contributed by atoms with van der Waals surface area (Å²) in [6, 6.07) is 4.87. The second kappa shape index (κ2) is 5.27. The molecule has 0 unspecified atom stereocenters. The highest BCUT2D eigenvalue weighted by Gasteiger charge is 2.32. The highest BCUT2D eigenvalue weighted by atomic mass is 19.1. The van der Waals surface area contributed by atoms with Gasteiger partial charge in [-0.1, -0.05) is 12.1 Å². The lowest BCUT2D eigenvalue weighted by molar-refractivity contribution is -0.560. The van der Waals surface area contributed by atoms with Crippen LogP contribution in [0, 0.1) is 29.8 Å². The molecule has 5 nitrogen and oxygen atoms in total. The van der Waals surface area contributed by atoms with Gasteiger partial charge in [-0.3, -0.25) is 10.1 Å². The summed E-state index contributed by atoms with van der Waals surface area (Å²) in [5.41, 5.74) is 1.51. The predicted molar refractivity (Wildman–Crippen MR) is 78.2 cm³/mol. The predicted octanol–water partition coefficient (Wildman–Crippen LogP) is 3.43. The van der Waals surface area contributed by atoms with Gasteiger partial charge in [0, 0.05) is 30.0 Å². The molecule has 1 aromatic carbocycles. The summed E-state index contributed by atoms with van der Waals surface area (Å²) in [5.74, 6) is 0.231. The maximum atomic E-state index is 13.6. The molecular formula is C15H18FN3O2. The van der Waals surface area contributed by atoms with Crippen LogP contribution in [0.4, 0.5) is 4.39 Å². The normalized spacial score (nSPS) is 11.7. The Balaban J connectivity index is 2.35. The molecule has 0 amide bonds. The van der Waals surface area contributed by atoms with Gasteiger partial charge in [0.1, 0.15) is 11.6 Å². The largest absolute Gasteiger partial charge is 0.342 e. The van der Waals surface area contributed by atoms with Crippen LogP contribution >= 0.6 is 0 Å². The summed E-state index contributed by atoms with van der Waals surface area (Å²) in [6.07, 6.45) is 0.219. The summed E-state index contributed by atoms with van der Waals surface area (Å²) >= 11 is 0. The quantitative estimate of drug-likeness (QED) is 0.693. The Bertz CT molecular complexity index is 692. The first kappa shape index (κ1) is 15.2. The molecular weight excluding hydrogens is 273 g/mol. The minimum absolute atomic E-state index is 0.219. The second-order valence-electron chi connectivity index (χ2n) is 5.87. The Kier molecular flexibility index (Phi) is 3.80. The molecule has 0 bridgehead atoms. The molecule has 0 spiro atoms. The van der Waals surface area contributed by atoms with Crippen molar-refractivity contribution in [2.75, 3.05) is 0 Å². The Hall–Kier alpha value is -2.24. The fourth-order valence-electron chi connectivity index (χ4n) is 2.02. The molecule has 0 radical (unpaired) electrons. The lowest BCUT2D eigenvalue weighted by Gasteiger charge is -2.14. The number of imidazole rings is 1. The first-order valence-corrected chi connectivity index (χ1v) is 6.67. The SMILES string of the molecule is Cc1ccc(-c2nc(CC(C)(C)[N+](=O)[O-])c(C)[nH]2)cc1F. The molecule has 0 atom stereocenters. The van der Waals surface area contributed by atoms with Crippen LogP contribution in [0.3, 0.4) is 0 Å². The number of H-pyrrole nitrogens is 1. The molecule has 112 valence electrons. The Labute approximate surface area is 122 Å². The number of aryl methyl sites for hydroxylation is 2. The van der Waals surface area contributed by atoms with Crippen molar-refractivity contribution >= 4 is 0 Å². The molecule has 0 fully saturated rings. The van der Waals surface area contributed by atoms with Crippen LogP contribution in [-0.4, -0.2) is 20.4 Å². The number of nitro groups is 1. The van der Waals surface area contributed by atoms with Gasteiger partial charge in [-0.05, 0) is 25.5 Å². The molecule has 0 aliphatic rings. The van der Waals surface area contributed by atoms with Crippen LogP contribution < -0.4 is 0 Å². The van der Waals surface area contributed by atoms with E-state index in [4.69, 9.17) is 0 Å². The van der Waals surface area contributed by atoms with Gasteiger partial charge in [0.05, 0.1) is 12.1 Å². The number of aromatic amines is 1. The van der Waals surface area contributed by atoms with Gasteiger partial charge in [0.2, 0.25) is 5.54 Å². The number of rotatable bonds is 4. The van der Waals surface area contributed by atoms with E-state index >= 15 is 0 Å². The molecule has 1 N–H and O–H groups in total. The molecule has 6 heteroatoms. The Morgan fingerprint density at radius 1 is 1.38 bits per heavy atom. The molecule has 21 heavy (non-hydrogen) atoms. The summed E-state index contributed by atoms with van der Waals surface area (Å²) in [6.45, 7) is 6.63. The van der Waals surface area contributed by atoms with Crippen LogP contribution in [0.2, 0.25) is 0 Å². The highest BCUT2D eigenvalue weighted by Crippen LogP contribution is 2.23. The number of aromatic nitrogens is 2. The van der Waals surface area contributed by atoms with E-state index in [9.17, 15) is 14.5 Å². The molecule has 2 rings (SSSR count). The zero-order valence-corrected chi connectivity index (χ0v) is 12.5. The number of nitrogens with zero attached hydrogens (tertiary/aromatic N) is 2. The maximum absolute atomic E-state index is 13.6. The number of halogens is 1. The van der Waals surface area contributed by atoms with Crippen molar-refractivity contribution in [1.82, 2.24) is 9.97 Å². The van der Waals surface area contributed by atoms with Gasteiger partial charge >= 0.3 is 0 Å². The molecule has 0 saturated heterocycles. The van der Waals surface area contributed by atoms with Gasteiger partial charge in [-0.2, -0.15) is 0 Å². The third kappa shape index (κ3) is 3.09. The summed E-state index contributed by atoms with van der Waals surface area (Å²) in [7, 11) is 0. The average molecular weight is 291 g/mol. The van der Waals surface area contributed by atoms with Crippen molar-refractivity contribution in [2.45, 2.75) is 39.7 Å². The smallest absolute Gasteiger partial charge is 0.222 e. The minimum atomic E-state index is -1.09. The minimum Gasteiger partial charge on any atom is -0.342 e. The van der Waals surface area contributed by atoms with Crippen molar-refractivity contribution in [3.05, 3.63) is 51.1 Å². The molecule has 2 aromatic rings. The Morgan fingerprint density at radius 3 is 2.62 bits per heavy atom. The van der Waals surface area contributed by atoms with E-state index in [0.717, 1.165) is 5.69 Å². The lowest BCUT2D eigenvalue weighted by Crippen LogP contribution is -2.33. The number of hydrogen-bond donors (Lipinski definition) is 1. The summed E-state index contributed by atoms with van der Waals surface area (Å²) in [4.78, 5) is 18.2. The second-order valence-corrected chi connectivity index (χ2v) is 5.87. The molecule has 0 aliphatic carbocycles. The summed E-state index contributed by atoms with van der Waals surface area (Å²) in [5, 5.41) is 11.0. The summed E-state index contributed by atoms with van der Waals surface area (Å²) < 4.78 is 13.6. The monoisotopic (exact) mass is 291 g/mol. The van der Waals surface area contributed by atoms with E-state index in [1.54, 1.807) is 32.9 Å². The average Bonchev–Trinajstić information content (AvgIpc) is 2.73.